The van der Waals surface area contributed by atoms with Crippen molar-refractivity contribution >= 4 is 17.5 Å². The molecule has 1 aliphatic heterocycles. The summed E-state index contributed by atoms with van der Waals surface area (Å²) in [5.41, 5.74) is 0.196. The van der Waals surface area contributed by atoms with E-state index in [4.69, 9.17) is 4.74 Å². The molecule has 2 aliphatic rings. The number of hydrogen-bond acceptors (Lipinski definition) is 6. The molecular weight excluding hydrogens is 373 g/mol. The van der Waals surface area contributed by atoms with Gasteiger partial charge in [-0.15, -0.1) is 0 Å². The second kappa shape index (κ2) is 7.53. The molecule has 1 aromatic heterocycles. The summed E-state index contributed by atoms with van der Waals surface area (Å²) in [6, 6.07) is -2.01. The summed E-state index contributed by atoms with van der Waals surface area (Å²) in [4.78, 5) is 12.1. The maximum Gasteiger partial charge on any atom is 0.408 e. The largest absolute Gasteiger partial charge is 0.408 e. The number of nitrogens with zero attached hydrogens (tertiary/aromatic N) is 3. The number of halogens is 5. The van der Waals surface area contributed by atoms with Crippen molar-refractivity contribution in [1.29, 1.82) is 0 Å². The van der Waals surface area contributed by atoms with Crippen molar-refractivity contribution in [3.63, 3.8) is 0 Å². The molecule has 3 rings (SSSR count). The van der Waals surface area contributed by atoms with Crippen LogP contribution in [0.15, 0.2) is 6.08 Å². The van der Waals surface area contributed by atoms with E-state index in [-0.39, 0.29) is 42.2 Å². The molecule has 0 saturated carbocycles. The van der Waals surface area contributed by atoms with Crippen molar-refractivity contribution in [2.75, 3.05) is 23.8 Å². The highest BCUT2D eigenvalue weighted by atomic mass is 19.4. The molecule has 1 saturated heterocycles. The summed E-state index contributed by atoms with van der Waals surface area (Å²) in [6.45, 7) is 1.88. The van der Waals surface area contributed by atoms with Crippen LogP contribution in [0.3, 0.4) is 0 Å². The first kappa shape index (κ1) is 19.7. The van der Waals surface area contributed by atoms with Gasteiger partial charge in [0.2, 0.25) is 11.9 Å². The fourth-order valence-corrected chi connectivity index (χ4v) is 2.85. The Morgan fingerprint density at radius 3 is 2.59 bits per heavy atom. The molecule has 150 valence electrons. The third kappa shape index (κ3) is 5.24. The predicted molar refractivity (Wildman–Crippen MR) is 88.6 cm³/mol. The quantitative estimate of drug-likeness (QED) is 0.745. The molecule has 2 atom stereocenters. The average molecular weight is 393 g/mol. The van der Waals surface area contributed by atoms with E-state index in [1.54, 1.807) is 0 Å². The van der Waals surface area contributed by atoms with E-state index in [0.717, 1.165) is 13.0 Å². The lowest BCUT2D eigenvalue weighted by Crippen LogP contribution is -2.34. The monoisotopic (exact) mass is 393 g/mol. The number of allylic oxidation sites excluding steroid dienone is 2. The van der Waals surface area contributed by atoms with Crippen LogP contribution in [0.2, 0.25) is 0 Å². The van der Waals surface area contributed by atoms with Crippen LogP contribution in [0.5, 0.6) is 0 Å². The van der Waals surface area contributed by atoms with Crippen molar-refractivity contribution in [3.8, 4) is 0 Å². The highest BCUT2D eigenvalue weighted by molar-refractivity contribution is 5.63. The molecule has 0 unspecified atom stereocenters. The lowest BCUT2D eigenvalue weighted by atomic mass is 9.96. The molecule has 2 heterocycles. The molecule has 11 heteroatoms. The first-order chi connectivity index (χ1) is 12.6. The zero-order valence-electron chi connectivity index (χ0n) is 14.6. The molecule has 27 heavy (non-hydrogen) atoms. The van der Waals surface area contributed by atoms with E-state index in [9.17, 15) is 22.0 Å². The number of aromatic nitrogens is 3. The molecule has 1 aromatic rings. The number of alkyl halides is 5. The van der Waals surface area contributed by atoms with Gasteiger partial charge in [0.15, 0.2) is 5.82 Å². The Morgan fingerprint density at radius 2 is 1.96 bits per heavy atom. The number of anilines is 2. The maximum atomic E-state index is 13.7. The van der Waals surface area contributed by atoms with E-state index in [1.807, 2.05) is 0 Å². The van der Waals surface area contributed by atoms with Gasteiger partial charge in [0.25, 0.3) is 5.92 Å². The van der Waals surface area contributed by atoms with Crippen molar-refractivity contribution in [1.82, 2.24) is 15.0 Å². The fourth-order valence-electron chi connectivity index (χ4n) is 2.85. The van der Waals surface area contributed by atoms with Crippen LogP contribution in [0.4, 0.5) is 33.8 Å². The van der Waals surface area contributed by atoms with Crippen LogP contribution in [0.1, 0.15) is 38.4 Å². The SMILES string of the molecule is C[C@@H](Nc1nc(N[C@H]2CCOC2)nc(C2=CC(F)(F)CCC2)n1)C(F)(F)F. The van der Waals surface area contributed by atoms with Crippen LogP contribution < -0.4 is 10.6 Å². The van der Waals surface area contributed by atoms with Gasteiger partial charge in [0.1, 0.15) is 6.04 Å². The van der Waals surface area contributed by atoms with Gasteiger partial charge in [0.05, 0.1) is 12.6 Å². The Hall–Kier alpha value is -2.04. The maximum absolute atomic E-state index is 13.7. The third-order valence-corrected chi connectivity index (χ3v) is 4.36. The molecule has 6 nitrogen and oxygen atoms in total. The molecule has 1 aliphatic carbocycles. The minimum absolute atomic E-state index is 0.0298. The van der Waals surface area contributed by atoms with Crippen molar-refractivity contribution in [2.45, 2.75) is 56.8 Å². The summed E-state index contributed by atoms with van der Waals surface area (Å²) in [5, 5.41) is 5.14. The first-order valence-corrected chi connectivity index (χ1v) is 8.66. The smallest absolute Gasteiger partial charge is 0.379 e. The standard InChI is InChI=1S/C16H20F5N5O/c1-9(16(19,20)21)22-13-24-12(10-3-2-5-15(17,18)7-10)25-14(26-13)23-11-4-6-27-8-11/h7,9,11H,2-6,8H2,1H3,(H2,22,23,24,25,26)/t9-,11+/m1/s1. The molecule has 0 amide bonds. The summed E-state index contributed by atoms with van der Waals surface area (Å²) in [5.74, 6) is -3.33. The number of nitrogens with one attached hydrogen (secondary N) is 2. The Balaban J connectivity index is 1.91. The first-order valence-electron chi connectivity index (χ1n) is 8.66. The number of ether oxygens (including phenoxy) is 1. The Labute approximate surface area is 152 Å². The van der Waals surface area contributed by atoms with Crippen molar-refractivity contribution in [2.24, 2.45) is 0 Å². The Morgan fingerprint density at radius 1 is 1.22 bits per heavy atom. The van der Waals surface area contributed by atoms with Crippen LogP contribution in [-0.2, 0) is 4.74 Å². The predicted octanol–water partition coefficient (Wildman–Crippen LogP) is 3.64. The van der Waals surface area contributed by atoms with Gasteiger partial charge < -0.3 is 15.4 Å². The zero-order valence-corrected chi connectivity index (χ0v) is 14.6. The van der Waals surface area contributed by atoms with Crippen LogP contribution in [0.25, 0.3) is 5.57 Å². The minimum atomic E-state index is -4.50. The second-order valence-corrected chi connectivity index (χ2v) is 6.70. The zero-order chi connectivity index (χ0) is 19.7. The van der Waals surface area contributed by atoms with E-state index >= 15 is 0 Å². The molecule has 0 radical (unpaired) electrons. The third-order valence-electron chi connectivity index (χ3n) is 4.36. The lowest BCUT2D eigenvalue weighted by Gasteiger charge is -2.22. The Bertz CT molecular complexity index is 703. The van der Waals surface area contributed by atoms with E-state index < -0.39 is 18.1 Å². The number of hydrogen-bond donors (Lipinski definition) is 2. The topological polar surface area (TPSA) is 72.0 Å². The fraction of sp³-hybridized carbons (Fsp3) is 0.688. The molecule has 2 N–H and O–H groups in total. The van der Waals surface area contributed by atoms with Crippen LogP contribution in [-0.4, -0.2) is 52.3 Å². The van der Waals surface area contributed by atoms with Gasteiger partial charge in [-0.2, -0.15) is 28.1 Å². The summed E-state index contributed by atoms with van der Waals surface area (Å²) in [6.07, 6.45) is -2.75. The second-order valence-electron chi connectivity index (χ2n) is 6.70. The summed E-state index contributed by atoms with van der Waals surface area (Å²) in [7, 11) is 0. The summed E-state index contributed by atoms with van der Waals surface area (Å²) < 4.78 is 71.1. The lowest BCUT2D eigenvalue weighted by molar-refractivity contribution is -0.138. The van der Waals surface area contributed by atoms with E-state index in [1.165, 1.54) is 0 Å². The highest BCUT2D eigenvalue weighted by Gasteiger charge is 2.37. The van der Waals surface area contributed by atoms with Gasteiger partial charge in [0, 0.05) is 13.0 Å². The average Bonchev–Trinajstić information content (AvgIpc) is 3.05. The van der Waals surface area contributed by atoms with E-state index in [2.05, 4.69) is 25.6 Å². The van der Waals surface area contributed by atoms with Crippen LogP contribution >= 0.6 is 0 Å². The van der Waals surface area contributed by atoms with Gasteiger partial charge in [-0.3, -0.25) is 0 Å². The normalized spacial score (nSPS) is 23.6. The Kier molecular flexibility index (Phi) is 5.50. The van der Waals surface area contributed by atoms with Gasteiger partial charge in [-0.25, -0.2) is 8.78 Å². The minimum Gasteiger partial charge on any atom is -0.379 e. The molecule has 1 fully saturated rings. The molecule has 0 spiro atoms. The highest BCUT2D eigenvalue weighted by Crippen LogP contribution is 2.35. The molecule has 0 bridgehead atoms. The van der Waals surface area contributed by atoms with E-state index in [0.29, 0.717) is 26.1 Å². The van der Waals surface area contributed by atoms with Crippen molar-refractivity contribution < 1.29 is 26.7 Å². The molecular formula is C16H20F5N5O. The van der Waals surface area contributed by atoms with Gasteiger partial charge in [-0.1, -0.05) is 0 Å². The number of rotatable bonds is 5. The van der Waals surface area contributed by atoms with Gasteiger partial charge >= 0.3 is 6.18 Å². The van der Waals surface area contributed by atoms with Gasteiger partial charge in [-0.05, 0) is 37.8 Å². The van der Waals surface area contributed by atoms with Crippen molar-refractivity contribution in [3.05, 3.63) is 11.9 Å². The molecule has 0 aromatic carbocycles. The summed E-state index contributed by atoms with van der Waals surface area (Å²) >= 11 is 0. The van der Waals surface area contributed by atoms with Crippen LogP contribution in [0, 0.1) is 0 Å².